The molecule has 0 atom stereocenters. The van der Waals surface area contributed by atoms with Crippen molar-refractivity contribution in [3.63, 3.8) is 0 Å². The zero-order valence-electron chi connectivity index (χ0n) is 9.12. The van der Waals surface area contributed by atoms with Crippen LogP contribution >= 0.6 is 11.8 Å². The average molecular weight is 217 g/mol. The van der Waals surface area contributed by atoms with Crippen molar-refractivity contribution < 1.29 is 9.90 Å². The molecule has 82 valence electrons. The van der Waals surface area contributed by atoms with Gasteiger partial charge in [-0.2, -0.15) is 11.8 Å². The van der Waals surface area contributed by atoms with Crippen molar-refractivity contribution in [2.24, 2.45) is 5.92 Å². The Bertz CT molecular complexity index is 212. The van der Waals surface area contributed by atoms with Crippen LogP contribution in [0.3, 0.4) is 0 Å². The van der Waals surface area contributed by atoms with Crippen molar-refractivity contribution in [1.29, 1.82) is 0 Å². The Labute approximate surface area is 89.9 Å². The minimum atomic E-state index is -0.630. The van der Waals surface area contributed by atoms with Crippen LogP contribution in [0.15, 0.2) is 0 Å². The molecule has 0 spiro atoms. The van der Waals surface area contributed by atoms with Crippen LogP contribution in [-0.2, 0) is 4.79 Å². The molecule has 1 amide bonds. The molecule has 0 aliphatic carbocycles. The van der Waals surface area contributed by atoms with E-state index in [2.05, 4.69) is 0 Å². The molecular weight excluding hydrogens is 198 g/mol. The Kier molecular flexibility index (Phi) is 3.84. The normalized spacial score (nSPS) is 19.6. The number of carbonyl (C=O) groups is 1. The van der Waals surface area contributed by atoms with Gasteiger partial charge in [-0.3, -0.25) is 4.79 Å². The molecule has 14 heavy (non-hydrogen) atoms. The summed E-state index contributed by atoms with van der Waals surface area (Å²) in [6, 6.07) is 0. The molecule has 1 fully saturated rings. The zero-order chi connectivity index (χ0) is 10.8. The van der Waals surface area contributed by atoms with Crippen molar-refractivity contribution >= 4 is 17.7 Å². The lowest BCUT2D eigenvalue weighted by Crippen LogP contribution is -2.66. The lowest BCUT2D eigenvalue weighted by molar-refractivity contribution is -0.163. The smallest absolute Gasteiger partial charge is 0.223 e. The van der Waals surface area contributed by atoms with E-state index in [0.29, 0.717) is 19.5 Å². The lowest BCUT2D eigenvalue weighted by atomic mass is 9.83. The number of hydrogen-bond donors (Lipinski definition) is 1. The third-order valence-electron chi connectivity index (χ3n) is 2.88. The number of hydrogen-bond acceptors (Lipinski definition) is 3. The van der Waals surface area contributed by atoms with Crippen LogP contribution in [0.1, 0.15) is 20.3 Å². The summed E-state index contributed by atoms with van der Waals surface area (Å²) in [6.07, 6.45) is 2.59. The van der Waals surface area contributed by atoms with Gasteiger partial charge < -0.3 is 10.0 Å². The maximum absolute atomic E-state index is 11.5. The van der Waals surface area contributed by atoms with E-state index in [1.54, 1.807) is 16.7 Å². The number of likely N-dealkylation sites (tertiary alicyclic amines) is 1. The quantitative estimate of drug-likeness (QED) is 0.763. The number of nitrogens with zero attached hydrogens (tertiary/aromatic N) is 1. The van der Waals surface area contributed by atoms with Gasteiger partial charge in [-0.1, -0.05) is 13.8 Å². The highest BCUT2D eigenvalue weighted by molar-refractivity contribution is 7.98. The van der Waals surface area contributed by atoms with Crippen LogP contribution in [0.2, 0.25) is 0 Å². The number of carbonyl (C=O) groups excluding carboxylic acids is 1. The predicted octanol–water partition coefficient (Wildman–Crippen LogP) is 0.969. The zero-order valence-corrected chi connectivity index (χ0v) is 9.93. The third-order valence-corrected chi connectivity index (χ3v) is 3.49. The van der Waals surface area contributed by atoms with Gasteiger partial charge >= 0.3 is 0 Å². The van der Waals surface area contributed by atoms with Crippen LogP contribution in [0.5, 0.6) is 0 Å². The molecular formula is C10H19NO2S. The van der Waals surface area contributed by atoms with Gasteiger partial charge in [0.15, 0.2) is 0 Å². The summed E-state index contributed by atoms with van der Waals surface area (Å²) in [5.74, 6) is 1.27. The molecule has 1 N–H and O–H groups in total. The first kappa shape index (κ1) is 11.9. The van der Waals surface area contributed by atoms with Crippen LogP contribution in [0, 0.1) is 5.92 Å². The molecule has 0 aromatic rings. The number of amides is 1. The number of thioether (sulfide) groups is 1. The van der Waals surface area contributed by atoms with Crippen LogP contribution in [-0.4, -0.2) is 46.6 Å². The van der Waals surface area contributed by atoms with Crippen molar-refractivity contribution in [3.05, 3.63) is 0 Å². The molecule has 0 unspecified atom stereocenters. The van der Waals surface area contributed by atoms with E-state index < -0.39 is 5.60 Å². The van der Waals surface area contributed by atoms with E-state index >= 15 is 0 Å². The Morgan fingerprint density at radius 3 is 2.57 bits per heavy atom. The lowest BCUT2D eigenvalue weighted by Gasteiger charge is -2.49. The van der Waals surface area contributed by atoms with E-state index in [4.69, 9.17) is 0 Å². The number of β-amino-alcohol motifs (C(OH)–C–C–N with tert-alkyl or cyclic N) is 1. The maximum atomic E-state index is 11.5. The van der Waals surface area contributed by atoms with E-state index in [1.165, 1.54) is 0 Å². The summed E-state index contributed by atoms with van der Waals surface area (Å²) < 4.78 is 0. The molecule has 0 radical (unpaired) electrons. The van der Waals surface area contributed by atoms with Gasteiger partial charge in [-0.15, -0.1) is 0 Å². The number of aliphatic hydroxyl groups is 1. The summed E-state index contributed by atoms with van der Waals surface area (Å²) in [7, 11) is 0. The first-order valence-electron chi connectivity index (χ1n) is 4.98. The summed E-state index contributed by atoms with van der Waals surface area (Å²) in [5, 5.41) is 9.93. The Morgan fingerprint density at radius 1 is 1.57 bits per heavy atom. The Morgan fingerprint density at radius 2 is 2.14 bits per heavy atom. The second-order valence-electron chi connectivity index (χ2n) is 4.25. The fourth-order valence-corrected chi connectivity index (χ4v) is 1.88. The van der Waals surface area contributed by atoms with Crippen molar-refractivity contribution in [1.82, 2.24) is 4.90 Å². The standard InChI is InChI=1S/C10H19NO2S/c1-8(2)10(13)6-11(7-10)9(12)4-5-14-3/h8,13H,4-7H2,1-3H3. The fraction of sp³-hybridized carbons (Fsp3) is 0.900. The molecule has 1 aliphatic heterocycles. The van der Waals surface area contributed by atoms with Gasteiger partial charge in [-0.25, -0.2) is 0 Å². The van der Waals surface area contributed by atoms with Crippen LogP contribution in [0.25, 0.3) is 0 Å². The topological polar surface area (TPSA) is 40.5 Å². The van der Waals surface area contributed by atoms with Crippen molar-refractivity contribution in [3.8, 4) is 0 Å². The monoisotopic (exact) mass is 217 g/mol. The summed E-state index contributed by atoms with van der Waals surface area (Å²) in [4.78, 5) is 13.2. The van der Waals surface area contributed by atoms with Crippen molar-refractivity contribution in [2.75, 3.05) is 25.1 Å². The predicted molar refractivity (Wildman–Crippen MR) is 59.4 cm³/mol. The molecule has 1 heterocycles. The van der Waals surface area contributed by atoms with E-state index in [9.17, 15) is 9.90 Å². The first-order chi connectivity index (χ1) is 6.49. The molecule has 0 aromatic heterocycles. The van der Waals surface area contributed by atoms with Gasteiger partial charge in [0.05, 0.1) is 13.1 Å². The SMILES string of the molecule is CSCCC(=O)N1CC(O)(C(C)C)C1. The maximum Gasteiger partial charge on any atom is 0.223 e. The van der Waals surface area contributed by atoms with E-state index in [0.717, 1.165) is 5.75 Å². The van der Waals surface area contributed by atoms with E-state index in [-0.39, 0.29) is 11.8 Å². The molecule has 0 saturated carbocycles. The highest BCUT2D eigenvalue weighted by Crippen LogP contribution is 2.28. The second kappa shape index (κ2) is 4.53. The minimum Gasteiger partial charge on any atom is -0.386 e. The Hall–Kier alpha value is -0.220. The molecule has 1 saturated heterocycles. The summed E-state index contributed by atoms with van der Waals surface area (Å²) in [6.45, 7) is 5.00. The highest BCUT2D eigenvalue weighted by atomic mass is 32.2. The first-order valence-corrected chi connectivity index (χ1v) is 6.38. The van der Waals surface area contributed by atoms with Gasteiger partial charge in [0.25, 0.3) is 0 Å². The van der Waals surface area contributed by atoms with Crippen LogP contribution in [0.4, 0.5) is 0 Å². The molecule has 3 nitrogen and oxygen atoms in total. The van der Waals surface area contributed by atoms with E-state index in [1.807, 2.05) is 20.1 Å². The third kappa shape index (κ3) is 2.42. The number of rotatable bonds is 4. The molecule has 1 aliphatic rings. The van der Waals surface area contributed by atoms with Crippen molar-refractivity contribution in [2.45, 2.75) is 25.9 Å². The van der Waals surface area contributed by atoms with Gasteiger partial charge in [0, 0.05) is 12.2 Å². The van der Waals surface area contributed by atoms with Crippen LogP contribution < -0.4 is 0 Å². The van der Waals surface area contributed by atoms with Gasteiger partial charge in [0.2, 0.25) is 5.91 Å². The van der Waals surface area contributed by atoms with Gasteiger partial charge in [-0.05, 0) is 12.2 Å². The molecule has 0 bridgehead atoms. The summed E-state index contributed by atoms with van der Waals surface area (Å²) >= 11 is 1.68. The Balaban J connectivity index is 2.30. The highest BCUT2D eigenvalue weighted by Gasteiger charge is 2.45. The minimum absolute atomic E-state index is 0.171. The molecule has 1 rings (SSSR count). The largest absolute Gasteiger partial charge is 0.386 e. The second-order valence-corrected chi connectivity index (χ2v) is 5.24. The molecule has 4 heteroatoms. The average Bonchev–Trinajstić information content (AvgIpc) is 2.08. The summed E-state index contributed by atoms with van der Waals surface area (Å²) in [5.41, 5.74) is -0.630. The fourth-order valence-electron chi connectivity index (χ4n) is 1.50. The molecule has 0 aromatic carbocycles. The van der Waals surface area contributed by atoms with Gasteiger partial charge in [0.1, 0.15) is 5.60 Å².